The highest BCUT2D eigenvalue weighted by molar-refractivity contribution is 7.92. The van der Waals surface area contributed by atoms with Crippen molar-refractivity contribution in [1.82, 2.24) is 20.2 Å². The van der Waals surface area contributed by atoms with Crippen molar-refractivity contribution >= 4 is 21.2 Å². The molecule has 0 amide bonds. The van der Waals surface area contributed by atoms with Crippen LogP contribution < -0.4 is 0 Å². The zero-order chi connectivity index (χ0) is 22.2. The SMILES string of the molecule is Cc1ncc(-c2ccc(S(=O)(=O)C(C)C)cc2)nc1-c1nnc(-c2cc(C#N)cs2)o1.[HH]. The van der Waals surface area contributed by atoms with E-state index in [1.807, 2.05) is 0 Å². The quantitative estimate of drug-likeness (QED) is 0.432. The predicted octanol–water partition coefficient (Wildman–Crippen LogP) is 4.53. The molecule has 10 heteroatoms. The molecule has 4 rings (SSSR count). The summed E-state index contributed by atoms with van der Waals surface area (Å²) in [6, 6.07) is 10.3. The van der Waals surface area contributed by atoms with E-state index in [1.165, 1.54) is 11.3 Å². The minimum absolute atomic E-state index is 0. The number of benzene rings is 1. The Morgan fingerprint density at radius 2 is 1.87 bits per heavy atom. The Morgan fingerprint density at radius 1 is 1.16 bits per heavy atom. The Hall–Kier alpha value is -3.42. The van der Waals surface area contributed by atoms with Gasteiger partial charge in [-0.2, -0.15) is 5.26 Å². The first-order valence-corrected chi connectivity index (χ1v) is 11.7. The second-order valence-corrected chi connectivity index (χ2v) is 10.4. The van der Waals surface area contributed by atoms with Gasteiger partial charge in [-0.3, -0.25) is 4.98 Å². The van der Waals surface area contributed by atoms with Gasteiger partial charge in [0, 0.05) is 12.4 Å². The van der Waals surface area contributed by atoms with Crippen molar-refractivity contribution in [2.45, 2.75) is 30.9 Å². The second kappa shape index (κ2) is 8.02. The van der Waals surface area contributed by atoms with Crippen LogP contribution in [-0.4, -0.2) is 33.8 Å². The van der Waals surface area contributed by atoms with Crippen LogP contribution >= 0.6 is 11.3 Å². The summed E-state index contributed by atoms with van der Waals surface area (Å²) in [5, 5.41) is 18.3. The molecular formula is C21H19N5O3S2. The molecule has 0 radical (unpaired) electrons. The van der Waals surface area contributed by atoms with Crippen molar-refractivity contribution in [2.24, 2.45) is 0 Å². The van der Waals surface area contributed by atoms with Crippen molar-refractivity contribution in [3.05, 3.63) is 53.2 Å². The highest BCUT2D eigenvalue weighted by atomic mass is 32.2. The first kappa shape index (κ1) is 20.8. The highest BCUT2D eigenvalue weighted by Gasteiger charge is 2.20. The summed E-state index contributed by atoms with van der Waals surface area (Å²) in [6.45, 7) is 5.08. The van der Waals surface area contributed by atoms with Crippen LogP contribution in [0.3, 0.4) is 0 Å². The second-order valence-electron chi connectivity index (χ2n) is 7.03. The van der Waals surface area contributed by atoms with Gasteiger partial charge in [-0.25, -0.2) is 13.4 Å². The molecule has 0 saturated carbocycles. The van der Waals surface area contributed by atoms with Gasteiger partial charge in [0.1, 0.15) is 11.8 Å². The molecule has 3 heterocycles. The Balaban J connectivity index is 0.00000289. The standard InChI is InChI=1S/C21H17N5O3S2.H2/c1-12(2)31(27,28)16-6-4-15(5-7-16)17-10-23-13(3)19(24-17)21-26-25-20(29-21)18-8-14(9-22)11-30-18;/h4-8,10-12H,1-3H3;1H. The van der Waals surface area contributed by atoms with E-state index in [-0.39, 0.29) is 12.2 Å². The molecule has 1 aromatic carbocycles. The van der Waals surface area contributed by atoms with Crippen molar-refractivity contribution in [2.75, 3.05) is 0 Å². The molecule has 0 aliphatic rings. The maximum Gasteiger partial charge on any atom is 0.268 e. The molecule has 0 aliphatic carbocycles. The largest absolute Gasteiger partial charge is 0.414 e. The number of thiophene rings is 1. The van der Waals surface area contributed by atoms with Gasteiger partial charge in [-0.1, -0.05) is 12.1 Å². The number of nitriles is 1. The number of sulfone groups is 1. The van der Waals surface area contributed by atoms with E-state index in [1.54, 1.807) is 62.7 Å². The van der Waals surface area contributed by atoms with Gasteiger partial charge in [0.05, 0.1) is 38.2 Å². The third-order valence-electron chi connectivity index (χ3n) is 4.62. The summed E-state index contributed by atoms with van der Waals surface area (Å²) >= 11 is 1.34. The molecule has 0 spiro atoms. The van der Waals surface area contributed by atoms with E-state index in [2.05, 4.69) is 26.2 Å². The smallest absolute Gasteiger partial charge is 0.268 e. The molecule has 0 atom stereocenters. The lowest BCUT2D eigenvalue weighted by molar-refractivity contribution is 0.582. The molecule has 0 aliphatic heterocycles. The van der Waals surface area contributed by atoms with Crippen LogP contribution in [0, 0.1) is 18.3 Å². The van der Waals surface area contributed by atoms with Crippen molar-refractivity contribution in [3.8, 4) is 39.7 Å². The minimum Gasteiger partial charge on any atom is -0.414 e. The zero-order valence-electron chi connectivity index (χ0n) is 16.9. The summed E-state index contributed by atoms with van der Waals surface area (Å²) in [6.07, 6.45) is 1.61. The maximum absolute atomic E-state index is 12.3. The van der Waals surface area contributed by atoms with Gasteiger partial charge < -0.3 is 4.42 Å². The average Bonchev–Trinajstić information content (AvgIpc) is 3.43. The molecule has 0 bridgehead atoms. The Morgan fingerprint density at radius 3 is 2.52 bits per heavy atom. The van der Waals surface area contributed by atoms with Crippen molar-refractivity contribution < 1.29 is 14.3 Å². The third kappa shape index (κ3) is 3.97. The fourth-order valence-corrected chi connectivity index (χ4v) is 4.62. The topological polar surface area (TPSA) is 123 Å². The number of rotatable bonds is 5. The summed E-state index contributed by atoms with van der Waals surface area (Å²) in [5.74, 6) is 0.518. The normalized spacial score (nSPS) is 11.6. The summed E-state index contributed by atoms with van der Waals surface area (Å²) in [7, 11) is -3.35. The van der Waals surface area contributed by atoms with Gasteiger partial charge in [0.2, 0.25) is 0 Å². The Kier molecular flexibility index (Phi) is 5.39. The molecular weight excluding hydrogens is 434 g/mol. The van der Waals surface area contributed by atoms with E-state index in [0.717, 1.165) is 0 Å². The molecule has 3 aromatic heterocycles. The first-order valence-electron chi connectivity index (χ1n) is 9.30. The molecule has 0 fully saturated rings. The molecule has 0 unspecified atom stereocenters. The zero-order valence-corrected chi connectivity index (χ0v) is 18.5. The lowest BCUT2D eigenvalue weighted by Crippen LogP contribution is -2.13. The van der Waals surface area contributed by atoms with Crippen molar-refractivity contribution in [3.63, 3.8) is 0 Å². The van der Waals surface area contributed by atoms with E-state index >= 15 is 0 Å². The van der Waals surface area contributed by atoms with Gasteiger partial charge in [-0.15, -0.1) is 21.5 Å². The molecule has 0 saturated heterocycles. The van der Waals surface area contributed by atoms with Gasteiger partial charge in [0.15, 0.2) is 9.84 Å². The minimum atomic E-state index is -3.35. The van der Waals surface area contributed by atoms with E-state index in [0.29, 0.717) is 39.0 Å². The summed E-state index contributed by atoms with van der Waals surface area (Å²) in [5.41, 5.74) is 2.85. The van der Waals surface area contributed by atoms with Crippen LogP contribution in [0.2, 0.25) is 0 Å². The maximum atomic E-state index is 12.3. The summed E-state index contributed by atoms with van der Waals surface area (Å²) in [4.78, 5) is 9.95. The molecule has 4 aromatic rings. The van der Waals surface area contributed by atoms with E-state index in [9.17, 15) is 8.42 Å². The fraction of sp³-hybridized carbons (Fsp3) is 0.190. The first-order chi connectivity index (χ1) is 14.8. The van der Waals surface area contributed by atoms with Crippen LogP contribution in [0.5, 0.6) is 0 Å². The number of nitrogens with zero attached hydrogens (tertiary/aromatic N) is 5. The van der Waals surface area contributed by atoms with E-state index in [4.69, 9.17) is 9.68 Å². The predicted molar refractivity (Wildman–Crippen MR) is 118 cm³/mol. The van der Waals surface area contributed by atoms with Gasteiger partial charge >= 0.3 is 0 Å². The highest BCUT2D eigenvalue weighted by Crippen LogP contribution is 2.30. The lowest BCUT2D eigenvalue weighted by atomic mass is 10.1. The Labute approximate surface area is 184 Å². The number of hydrogen-bond donors (Lipinski definition) is 0. The van der Waals surface area contributed by atoms with Crippen LogP contribution in [0.15, 0.2) is 51.2 Å². The van der Waals surface area contributed by atoms with Crippen LogP contribution in [0.4, 0.5) is 0 Å². The molecule has 31 heavy (non-hydrogen) atoms. The Bertz CT molecular complexity index is 1400. The van der Waals surface area contributed by atoms with Crippen LogP contribution in [-0.2, 0) is 9.84 Å². The lowest BCUT2D eigenvalue weighted by Gasteiger charge is -2.09. The number of hydrogen-bond acceptors (Lipinski definition) is 9. The average molecular weight is 454 g/mol. The molecule has 8 nitrogen and oxygen atoms in total. The monoisotopic (exact) mass is 453 g/mol. The van der Waals surface area contributed by atoms with E-state index < -0.39 is 15.1 Å². The molecule has 158 valence electrons. The van der Waals surface area contributed by atoms with Crippen LogP contribution in [0.25, 0.3) is 33.6 Å². The fourth-order valence-electron chi connectivity index (χ4n) is 2.80. The van der Waals surface area contributed by atoms with Gasteiger partial charge in [-0.05, 0) is 39.0 Å². The van der Waals surface area contributed by atoms with Gasteiger partial charge in [0.25, 0.3) is 11.8 Å². The summed E-state index contributed by atoms with van der Waals surface area (Å²) < 4.78 is 30.4. The molecule has 0 N–H and O–H groups in total. The third-order valence-corrected chi connectivity index (χ3v) is 7.71. The van der Waals surface area contributed by atoms with Crippen molar-refractivity contribution in [1.29, 1.82) is 5.26 Å². The van der Waals surface area contributed by atoms with Crippen LogP contribution in [0.1, 0.15) is 26.5 Å². The number of aromatic nitrogens is 4. The number of aryl methyl sites for hydroxylation is 1.